The van der Waals surface area contributed by atoms with Gasteiger partial charge in [0.05, 0.1) is 10.5 Å². The van der Waals surface area contributed by atoms with Crippen LogP contribution < -0.4 is 5.32 Å². The molecule has 0 saturated carbocycles. The number of nitro groups is 1. The molecule has 1 heterocycles. The Morgan fingerprint density at radius 3 is 2.62 bits per heavy atom. The normalized spacial score (nSPS) is 10.4. The summed E-state index contributed by atoms with van der Waals surface area (Å²) in [6.45, 7) is 6.64. The second kappa shape index (κ2) is 5.78. The van der Waals surface area contributed by atoms with Gasteiger partial charge in [-0.3, -0.25) is 14.9 Å². The average molecular weight is 287 g/mol. The van der Waals surface area contributed by atoms with Gasteiger partial charge in [-0.15, -0.1) is 0 Å². The van der Waals surface area contributed by atoms with E-state index in [2.05, 4.69) is 5.32 Å². The molecule has 21 heavy (non-hydrogen) atoms. The van der Waals surface area contributed by atoms with Gasteiger partial charge in [0.15, 0.2) is 0 Å². The molecule has 0 unspecified atom stereocenters. The first-order chi connectivity index (χ1) is 9.93. The van der Waals surface area contributed by atoms with Gasteiger partial charge < -0.3 is 9.88 Å². The van der Waals surface area contributed by atoms with Gasteiger partial charge in [-0.05, 0) is 32.9 Å². The summed E-state index contributed by atoms with van der Waals surface area (Å²) >= 11 is 0. The Morgan fingerprint density at radius 1 is 1.33 bits per heavy atom. The number of hydrogen-bond donors (Lipinski definition) is 1. The number of carbonyl (C=O) groups is 1. The topological polar surface area (TPSA) is 77.2 Å². The fourth-order valence-electron chi connectivity index (χ4n) is 2.41. The van der Waals surface area contributed by atoms with Gasteiger partial charge in [-0.2, -0.15) is 0 Å². The molecule has 0 aliphatic rings. The van der Waals surface area contributed by atoms with Crippen LogP contribution in [-0.4, -0.2) is 15.4 Å². The molecule has 0 aliphatic heterocycles. The molecule has 0 fully saturated rings. The molecule has 0 aliphatic carbocycles. The van der Waals surface area contributed by atoms with Gasteiger partial charge in [0, 0.05) is 35.8 Å². The van der Waals surface area contributed by atoms with Crippen LogP contribution in [0.2, 0.25) is 0 Å². The first kappa shape index (κ1) is 14.8. The lowest BCUT2D eigenvalue weighted by molar-refractivity contribution is -0.384. The van der Waals surface area contributed by atoms with E-state index in [1.54, 1.807) is 12.1 Å². The minimum absolute atomic E-state index is 0.0492. The van der Waals surface area contributed by atoms with Gasteiger partial charge in [0.2, 0.25) is 0 Å². The van der Waals surface area contributed by atoms with Crippen LogP contribution in [0.5, 0.6) is 0 Å². The third-order valence-electron chi connectivity index (χ3n) is 3.45. The highest BCUT2D eigenvalue weighted by atomic mass is 16.6. The molecule has 110 valence electrons. The maximum atomic E-state index is 12.3. The van der Waals surface area contributed by atoms with Crippen LogP contribution >= 0.6 is 0 Å². The number of aromatic nitrogens is 1. The van der Waals surface area contributed by atoms with E-state index in [4.69, 9.17) is 0 Å². The highest BCUT2D eigenvalue weighted by Crippen LogP contribution is 2.20. The Kier molecular flexibility index (Phi) is 4.07. The third-order valence-corrected chi connectivity index (χ3v) is 3.45. The summed E-state index contributed by atoms with van der Waals surface area (Å²) in [5, 5.41) is 13.4. The van der Waals surface area contributed by atoms with Crippen molar-refractivity contribution in [1.29, 1.82) is 0 Å². The predicted octanol–water partition coefficient (Wildman–Crippen LogP) is 3.29. The molecular weight excluding hydrogens is 270 g/mol. The Hall–Kier alpha value is -2.63. The Morgan fingerprint density at radius 2 is 2.05 bits per heavy atom. The summed E-state index contributed by atoms with van der Waals surface area (Å²) in [4.78, 5) is 22.6. The summed E-state index contributed by atoms with van der Waals surface area (Å²) < 4.78 is 2.04. The van der Waals surface area contributed by atoms with Crippen LogP contribution in [0.1, 0.15) is 28.7 Å². The zero-order valence-corrected chi connectivity index (χ0v) is 12.2. The van der Waals surface area contributed by atoms with Gasteiger partial charge >= 0.3 is 0 Å². The van der Waals surface area contributed by atoms with Gasteiger partial charge in [-0.1, -0.05) is 6.07 Å². The van der Waals surface area contributed by atoms with E-state index < -0.39 is 4.92 Å². The highest BCUT2D eigenvalue weighted by Gasteiger charge is 2.16. The largest absolute Gasteiger partial charge is 0.349 e. The monoisotopic (exact) mass is 287 g/mol. The van der Waals surface area contributed by atoms with Crippen molar-refractivity contribution in [2.75, 3.05) is 5.32 Å². The molecule has 0 radical (unpaired) electrons. The van der Waals surface area contributed by atoms with E-state index in [1.807, 2.05) is 31.4 Å². The summed E-state index contributed by atoms with van der Waals surface area (Å²) in [5.41, 5.74) is 2.85. The van der Waals surface area contributed by atoms with Crippen molar-refractivity contribution in [3.05, 3.63) is 57.4 Å². The fraction of sp³-hybridized carbons (Fsp3) is 0.267. The van der Waals surface area contributed by atoms with Crippen molar-refractivity contribution in [2.45, 2.75) is 27.3 Å². The lowest BCUT2D eigenvalue weighted by atomic mass is 10.2. The number of anilines is 1. The Labute approximate surface area is 122 Å². The number of carbonyl (C=O) groups excluding carboxylic acids is 1. The number of nitro benzene ring substituents is 1. The quantitative estimate of drug-likeness (QED) is 0.692. The molecule has 2 aromatic rings. The van der Waals surface area contributed by atoms with Gasteiger partial charge in [-0.25, -0.2) is 0 Å². The molecule has 1 N–H and O–H groups in total. The minimum Gasteiger partial charge on any atom is -0.349 e. The molecule has 1 aromatic carbocycles. The van der Waals surface area contributed by atoms with Crippen LogP contribution in [0.4, 0.5) is 11.4 Å². The third kappa shape index (κ3) is 2.94. The summed E-state index contributed by atoms with van der Waals surface area (Å²) in [6, 6.07) is 7.73. The molecule has 0 spiro atoms. The molecule has 1 aromatic heterocycles. The number of nitrogens with zero attached hydrogens (tertiary/aromatic N) is 2. The maximum absolute atomic E-state index is 12.3. The second-order valence-corrected chi connectivity index (χ2v) is 4.79. The van der Waals surface area contributed by atoms with Crippen LogP contribution in [0.15, 0.2) is 30.3 Å². The molecule has 6 nitrogen and oxygen atoms in total. The van der Waals surface area contributed by atoms with E-state index in [1.165, 1.54) is 12.1 Å². The average Bonchev–Trinajstić information content (AvgIpc) is 2.73. The molecule has 1 amide bonds. The van der Waals surface area contributed by atoms with E-state index in [0.29, 0.717) is 11.3 Å². The van der Waals surface area contributed by atoms with E-state index in [-0.39, 0.29) is 11.6 Å². The molecule has 2 rings (SSSR count). The van der Waals surface area contributed by atoms with E-state index in [9.17, 15) is 14.9 Å². The molecule has 0 bridgehead atoms. The van der Waals surface area contributed by atoms with Gasteiger partial charge in [0.1, 0.15) is 0 Å². The maximum Gasteiger partial charge on any atom is 0.271 e. The fourth-order valence-corrected chi connectivity index (χ4v) is 2.41. The van der Waals surface area contributed by atoms with Crippen molar-refractivity contribution in [1.82, 2.24) is 4.57 Å². The first-order valence-electron chi connectivity index (χ1n) is 6.66. The number of amides is 1. The van der Waals surface area contributed by atoms with Crippen molar-refractivity contribution in [3.63, 3.8) is 0 Å². The number of nitrogens with one attached hydrogen (secondary N) is 1. The van der Waals surface area contributed by atoms with Crippen LogP contribution in [0.3, 0.4) is 0 Å². The molecular formula is C15H17N3O3. The molecule has 6 heteroatoms. The summed E-state index contributed by atoms with van der Waals surface area (Å²) in [7, 11) is 0. The van der Waals surface area contributed by atoms with E-state index in [0.717, 1.165) is 17.9 Å². The van der Waals surface area contributed by atoms with Crippen LogP contribution in [0, 0.1) is 24.0 Å². The number of hydrogen-bond acceptors (Lipinski definition) is 3. The standard InChI is InChI=1S/C15H17N3O3/c1-4-17-10(2)8-14(11(17)3)15(19)16-12-6-5-7-13(9-12)18(20)21/h5-9H,4H2,1-3H3,(H,16,19). The van der Waals surface area contributed by atoms with Crippen molar-refractivity contribution < 1.29 is 9.72 Å². The SMILES string of the molecule is CCn1c(C)cc(C(=O)Nc2cccc([N+](=O)[O-])c2)c1C. The Bertz CT molecular complexity index is 704. The van der Waals surface area contributed by atoms with Crippen LogP contribution in [0.25, 0.3) is 0 Å². The first-order valence-corrected chi connectivity index (χ1v) is 6.66. The van der Waals surface area contributed by atoms with Crippen molar-refractivity contribution in [2.24, 2.45) is 0 Å². The van der Waals surface area contributed by atoms with Crippen molar-refractivity contribution >= 4 is 17.3 Å². The smallest absolute Gasteiger partial charge is 0.271 e. The van der Waals surface area contributed by atoms with Gasteiger partial charge in [0.25, 0.3) is 11.6 Å². The zero-order valence-electron chi connectivity index (χ0n) is 12.2. The number of aryl methyl sites for hydroxylation is 1. The molecule has 0 atom stereocenters. The number of non-ortho nitro benzene ring substituents is 1. The second-order valence-electron chi connectivity index (χ2n) is 4.79. The van der Waals surface area contributed by atoms with Crippen molar-refractivity contribution in [3.8, 4) is 0 Å². The lowest BCUT2D eigenvalue weighted by Gasteiger charge is -2.07. The highest BCUT2D eigenvalue weighted by molar-refractivity contribution is 6.05. The van der Waals surface area contributed by atoms with Crippen LogP contribution in [-0.2, 0) is 6.54 Å². The minimum atomic E-state index is -0.487. The summed E-state index contributed by atoms with van der Waals surface area (Å²) in [5.74, 6) is -0.261. The Balaban J connectivity index is 2.26. The molecule has 0 saturated heterocycles. The number of benzene rings is 1. The summed E-state index contributed by atoms with van der Waals surface area (Å²) in [6.07, 6.45) is 0. The number of rotatable bonds is 4. The lowest BCUT2D eigenvalue weighted by Crippen LogP contribution is -2.13. The predicted molar refractivity (Wildman–Crippen MR) is 80.6 cm³/mol. The zero-order chi connectivity index (χ0) is 15.6. The van der Waals surface area contributed by atoms with E-state index >= 15 is 0 Å².